The van der Waals surface area contributed by atoms with Crippen LogP contribution in [0.2, 0.25) is 5.02 Å². The second-order valence-corrected chi connectivity index (χ2v) is 2.89. The van der Waals surface area contributed by atoms with Gasteiger partial charge in [-0.3, -0.25) is 4.79 Å². The number of terminal acetylenes is 1. The number of rotatable bonds is 2. The van der Waals surface area contributed by atoms with Gasteiger partial charge in [-0.2, -0.15) is 0 Å². The monoisotopic (exact) mass is 196 g/mol. The molecule has 0 saturated heterocycles. The lowest BCUT2D eigenvalue weighted by atomic mass is 10.1. The van der Waals surface area contributed by atoms with Gasteiger partial charge in [0.25, 0.3) is 0 Å². The molecule has 0 unspecified atom stereocenters. The number of ketones is 1. The van der Waals surface area contributed by atoms with Crippen LogP contribution in [0.25, 0.3) is 0 Å². The first-order chi connectivity index (χ1) is 6.13. The van der Waals surface area contributed by atoms with Crippen molar-refractivity contribution < 1.29 is 9.18 Å². The zero-order valence-corrected chi connectivity index (χ0v) is 7.44. The number of carbonyl (C=O) groups excluding carboxylic acids is 1. The first-order valence-corrected chi connectivity index (χ1v) is 3.94. The number of benzene rings is 1. The van der Waals surface area contributed by atoms with Gasteiger partial charge in [0.05, 0.1) is 0 Å². The maximum atomic E-state index is 12.6. The second-order valence-electron chi connectivity index (χ2n) is 2.48. The Kier molecular flexibility index (Phi) is 3.05. The van der Waals surface area contributed by atoms with Crippen LogP contribution in [0.5, 0.6) is 0 Å². The fraction of sp³-hybridized carbons (Fsp3) is 0.100. The van der Waals surface area contributed by atoms with E-state index in [1.54, 1.807) is 0 Å². The predicted octanol–water partition coefficient (Wildman–Crippen LogP) is 2.22. The van der Waals surface area contributed by atoms with Crippen molar-refractivity contribution in [1.82, 2.24) is 0 Å². The number of hydrogen-bond donors (Lipinski definition) is 0. The standard InChI is InChI=1S/C10H6ClFO/c1-2-9(13)5-7-3-4-8(12)6-10(7)11/h1,3-4,6H,5H2. The topological polar surface area (TPSA) is 17.1 Å². The molecular weight excluding hydrogens is 191 g/mol. The lowest BCUT2D eigenvalue weighted by Crippen LogP contribution is -1.99. The Balaban J connectivity index is 2.91. The van der Waals surface area contributed by atoms with Crippen LogP contribution in [0.1, 0.15) is 5.56 Å². The molecule has 0 bridgehead atoms. The molecule has 0 heterocycles. The SMILES string of the molecule is C#CC(=O)Cc1ccc(F)cc1Cl. The minimum absolute atomic E-state index is 0.0512. The average Bonchev–Trinajstić information content (AvgIpc) is 2.09. The van der Waals surface area contributed by atoms with E-state index in [0.29, 0.717) is 5.56 Å². The fourth-order valence-corrected chi connectivity index (χ4v) is 1.12. The van der Waals surface area contributed by atoms with Crippen LogP contribution < -0.4 is 0 Å². The third kappa shape index (κ3) is 2.57. The van der Waals surface area contributed by atoms with E-state index in [1.807, 2.05) is 5.92 Å². The predicted molar refractivity (Wildman–Crippen MR) is 49.0 cm³/mol. The summed E-state index contributed by atoms with van der Waals surface area (Å²) in [5, 5.41) is 0.226. The van der Waals surface area contributed by atoms with Crippen LogP contribution in [0, 0.1) is 18.2 Å². The third-order valence-corrected chi connectivity index (χ3v) is 1.88. The molecule has 0 aliphatic rings. The van der Waals surface area contributed by atoms with Crippen molar-refractivity contribution >= 4 is 17.4 Å². The lowest BCUT2D eigenvalue weighted by molar-refractivity contribution is -0.113. The molecule has 1 rings (SSSR count). The van der Waals surface area contributed by atoms with Gasteiger partial charge in [-0.15, -0.1) is 6.42 Å². The average molecular weight is 197 g/mol. The summed E-state index contributed by atoms with van der Waals surface area (Å²) >= 11 is 5.67. The third-order valence-electron chi connectivity index (χ3n) is 1.53. The van der Waals surface area contributed by atoms with E-state index in [0.717, 1.165) is 6.07 Å². The molecule has 0 atom stereocenters. The van der Waals surface area contributed by atoms with E-state index in [2.05, 4.69) is 0 Å². The summed E-state index contributed by atoms with van der Waals surface area (Å²) in [6.07, 6.45) is 4.93. The fourth-order valence-electron chi connectivity index (χ4n) is 0.889. The molecule has 0 fully saturated rings. The Morgan fingerprint density at radius 1 is 1.62 bits per heavy atom. The Morgan fingerprint density at radius 2 is 2.31 bits per heavy atom. The molecule has 0 N–H and O–H groups in total. The molecular formula is C10H6ClFO. The van der Waals surface area contributed by atoms with Crippen molar-refractivity contribution in [2.75, 3.05) is 0 Å². The molecule has 3 heteroatoms. The molecule has 0 spiro atoms. The number of halogens is 2. The molecule has 66 valence electrons. The molecule has 1 aromatic carbocycles. The Bertz CT molecular complexity index is 379. The van der Waals surface area contributed by atoms with Gasteiger partial charge >= 0.3 is 0 Å². The van der Waals surface area contributed by atoms with E-state index < -0.39 is 5.82 Å². The highest BCUT2D eigenvalue weighted by atomic mass is 35.5. The van der Waals surface area contributed by atoms with Crippen molar-refractivity contribution in [2.45, 2.75) is 6.42 Å². The van der Waals surface area contributed by atoms with Crippen LogP contribution in [-0.2, 0) is 11.2 Å². The number of carbonyl (C=O) groups is 1. The van der Waals surface area contributed by atoms with E-state index in [9.17, 15) is 9.18 Å². The van der Waals surface area contributed by atoms with Crippen LogP contribution in [-0.4, -0.2) is 5.78 Å². The smallest absolute Gasteiger partial charge is 0.209 e. The second kappa shape index (κ2) is 4.06. The van der Waals surface area contributed by atoms with Crippen LogP contribution in [0.3, 0.4) is 0 Å². The highest BCUT2D eigenvalue weighted by Crippen LogP contribution is 2.17. The largest absolute Gasteiger partial charge is 0.285 e. The van der Waals surface area contributed by atoms with Crippen molar-refractivity contribution in [2.24, 2.45) is 0 Å². The van der Waals surface area contributed by atoms with Crippen molar-refractivity contribution in [1.29, 1.82) is 0 Å². The summed E-state index contributed by atoms with van der Waals surface area (Å²) in [7, 11) is 0. The normalized spacial score (nSPS) is 9.31. The maximum Gasteiger partial charge on any atom is 0.209 e. The minimum Gasteiger partial charge on any atom is -0.285 e. The van der Waals surface area contributed by atoms with Crippen LogP contribution in [0.4, 0.5) is 4.39 Å². The summed E-state index contributed by atoms with van der Waals surface area (Å²) in [6, 6.07) is 3.85. The van der Waals surface area contributed by atoms with E-state index >= 15 is 0 Å². The highest BCUT2D eigenvalue weighted by Gasteiger charge is 2.05. The maximum absolute atomic E-state index is 12.6. The first kappa shape index (κ1) is 9.76. The number of hydrogen-bond acceptors (Lipinski definition) is 1. The molecule has 13 heavy (non-hydrogen) atoms. The summed E-state index contributed by atoms with van der Waals surface area (Å²) in [5.41, 5.74) is 0.547. The molecule has 0 radical (unpaired) electrons. The zero-order valence-electron chi connectivity index (χ0n) is 6.68. The van der Waals surface area contributed by atoms with E-state index in [1.165, 1.54) is 12.1 Å². The minimum atomic E-state index is -0.429. The van der Waals surface area contributed by atoms with Gasteiger partial charge < -0.3 is 0 Å². The van der Waals surface area contributed by atoms with E-state index in [-0.39, 0.29) is 17.2 Å². The van der Waals surface area contributed by atoms with Gasteiger partial charge in [-0.25, -0.2) is 4.39 Å². The Labute approximate surface area is 80.5 Å². The summed E-state index contributed by atoms with van der Waals surface area (Å²) in [5.74, 6) is 1.17. The van der Waals surface area contributed by atoms with Crippen molar-refractivity contribution in [3.63, 3.8) is 0 Å². The van der Waals surface area contributed by atoms with Gasteiger partial charge in [0.2, 0.25) is 5.78 Å². The van der Waals surface area contributed by atoms with Crippen LogP contribution in [0.15, 0.2) is 18.2 Å². The first-order valence-electron chi connectivity index (χ1n) is 3.57. The summed E-state index contributed by atoms with van der Waals surface area (Å²) < 4.78 is 12.6. The molecule has 0 saturated carbocycles. The molecule has 0 aliphatic carbocycles. The Morgan fingerprint density at radius 3 is 2.85 bits per heavy atom. The number of Topliss-reactive ketones (excluding diaryl/α,β-unsaturated/α-hetero) is 1. The van der Waals surface area contributed by atoms with Crippen molar-refractivity contribution in [3.05, 3.63) is 34.6 Å². The van der Waals surface area contributed by atoms with Crippen LogP contribution >= 0.6 is 11.6 Å². The van der Waals surface area contributed by atoms with Gasteiger partial charge in [-0.05, 0) is 23.6 Å². The van der Waals surface area contributed by atoms with Gasteiger partial charge in [0, 0.05) is 11.4 Å². The molecule has 0 amide bonds. The quantitative estimate of drug-likeness (QED) is 0.524. The molecule has 0 aromatic heterocycles. The van der Waals surface area contributed by atoms with Crippen molar-refractivity contribution in [3.8, 4) is 12.3 Å². The molecule has 1 aromatic rings. The summed E-state index contributed by atoms with van der Waals surface area (Å²) in [6.45, 7) is 0. The zero-order chi connectivity index (χ0) is 9.84. The molecule has 1 nitrogen and oxygen atoms in total. The summed E-state index contributed by atoms with van der Waals surface area (Å²) in [4.78, 5) is 10.8. The Hall–Kier alpha value is -1.33. The van der Waals surface area contributed by atoms with Gasteiger partial charge in [-0.1, -0.05) is 17.7 Å². The van der Waals surface area contributed by atoms with Gasteiger partial charge in [0.1, 0.15) is 5.82 Å². The van der Waals surface area contributed by atoms with Gasteiger partial charge in [0.15, 0.2) is 0 Å². The highest BCUT2D eigenvalue weighted by molar-refractivity contribution is 6.31. The molecule has 0 aliphatic heterocycles. The lowest BCUT2D eigenvalue weighted by Gasteiger charge is -1.99. The van der Waals surface area contributed by atoms with E-state index in [4.69, 9.17) is 18.0 Å².